The van der Waals surface area contributed by atoms with E-state index >= 15 is 0 Å². The average molecular weight is 325 g/mol. The molecule has 5 heteroatoms. The van der Waals surface area contributed by atoms with Gasteiger partial charge in [-0.25, -0.2) is 4.98 Å². The predicted molar refractivity (Wildman–Crippen MR) is 87.6 cm³/mol. The summed E-state index contributed by atoms with van der Waals surface area (Å²) in [5, 5.41) is 0.605. The highest BCUT2D eigenvalue weighted by molar-refractivity contribution is 6.30. The summed E-state index contributed by atoms with van der Waals surface area (Å²) in [5.74, 6) is 0.305. The zero-order chi connectivity index (χ0) is 16.1. The topological polar surface area (TPSA) is 52.1 Å². The molecule has 1 atom stereocenters. The van der Waals surface area contributed by atoms with E-state index in [1.165, 1.54) is 18.6 Å². The van der Waals surface area contributed by atoms with Crippen molar-refractivity contribution in [3.63, 3.8) is 0 Å². The molecule has 0 aliphatic carbocycles. The number of benzene rings is 2. The summed E-state index contributed by atoms with van der Waals surface area (Å²) in [6.07, 6.45) is 3.64. The SMILES string of the molecule is O=C(c1cnccn1)C(Oc1ccc(Cl)cc1)c1ccccc1. The van der Waals surface area contributed by atoms with E-state index in [9.17, 15) is 4.79 Å². The van der Waals surface area contributed by atoms with Crippen LogP contribution in [-0.4, -0.2) is 15.8 Å². The van der Waals surface area contributed by atoms with Crippen LogP contribution in [0.3, 0.4) is 0 Å². The maximum Gasteiger partial charge on any atom is 0.227 e. The minimum Gasteiger partial charge on any atom is -0.477 e. The third-order valence-electron chi connectivity index (χ3n) is 3.22. The van der Waals surface area contributed by atoms with Gasteiger partial charge in [0.05, 0.1) is 6.20 Å². The van der Waals surface area contributed by atoms with Crippen molar-refractivity contribution in [1.82, 2.24) is 9.97 Å². The predicted octanol–water partition coefficient (Wildman–Crippen LogP) is 4.13. The molecular weight excluding hydrogens is 312 g/mol. The summed E-state index contributed by atoms with van der Waals surface area (Å²) in [5.41, 5.74) is 1.01. The smallest absolute Gasteiger partial charge is 0.227 e. The van der Waals surface area contributed by atoms with Crippen LogP contribution in [0.2, 0.25) is 5.02 Å². The first kappa shape index (κ1) is 15.2. The lowest BCUT2D eigenvalue weighted by atomic mass is 10.0. The largest absolute Gasteiger partial charge is 0.477 e. The number of aromatic nitrogens is 2. The average Bonchev–Trinajstić information content (AvgIpc) is 2.62. The standard InChI is InChI=1S/C18H13ClN2O2/c19-14-6-8-15(9-7-14)23-18(13-4-2-1-3-5-13)17(22)16-12-20-10-11-21-16/h1-12,18H. The van der Waals surface area contributed by atoms with E-state index in [0.29, 0.717) is 10.8 Å². The number of carbonyl (C=O) groups is 1. The first-order chi connectivity index (χ1) is 11.2. The second-order valence-electron chi connectivity index (χ2n) is 4.82. The normalized spacial score (nSPS) is 11.7. The molecule has 4 nitrogen and oxygen atoms in total. The molecule has 0 radical (unpaired) electrons. The van der Waals surface area contributed by atoms with Gasteiger partial charge in [-0.15, -0.1) is 0 Å². The van der Waals surface area contributed by atoms with Gasteiger partial charge in [-0.3, -0.25) is 9.78 Å². The van der Waals surface area contributed by atoms with Gasteiger partial charge >= 0.3 is 0 Å². The van der Waals surface area contributed by atoms with Crippen LogP contribution in [0.5, 0.6) is 5.75 Å². The first-order valence-electron chi connectivity index (χ1n) is 7.01. The molecule has 0 amide bonds. The van der Waals surface area contributed by atoms with Gasteiger partial charge in [-0.1, -0.05) is 41.9 Å². The van der Waals surface area contributed by atoms with Gasteiger partial charge < -0.3 is 4.74 Å². The molecule has 1 aromatic heterocycles. The van der Waals surface area contributed by atoms with Gasteiger partial charge in [0.2, 0.25) is 5.78 Å². The lowest BCUT2D eigenvalue weighted by Crippen LogP contribution is -2.20. The molecule has 0 N–H and O–H groups in total. The number of hydrogen-bond acceptors (Lipinski definition) is 4. The minimum atomic E-state index is -0.797. The highest BCUT2D eigenvalue weighted by Crippen LogP contribution is 2.26. The summed E-state index contributed by atoms with van der Waals surface area (Å²) in [7, 11) is 0. The van der Waals surface area contributed by atoms with Crippen molar-refractivity contribution in [3.8, 4) is 5.75 Å². The summed E-state index contributed by atoms with van der Waals surface area (Å²) < 4.78 is 5.90. The summed E-state index contributed by atoms with van der Waals surface area (Å²) in [6, 6.07) is 16.2. The molecule has 0 fully saturated rings. The van der Waals surface area contributed by atoms with Crippen molar-refractivity contribution in [1.29, 1.82) is 0 Å². The van der Waals surface area contributed by atoms with E-state index in [2.05, 4.69) is 9.97 Å². The minimum absolute atomic E-state index is 0.251. The Bertz CT molecular complexity index is 777. The Kier molecular flexibility index (Phi) is 4.64. The Balaban J connectivity index is 1.94. The van der Waals surface area contributed by atoms with Crippen molar-refractivity contribution in [2.24, 2.45) is 0 Å². The zero-order valence-electron chi connectivity index (χ0n) is 12.1. The van der Waals surface area contributed by atoms with Crippen LogP contribution < -0.4 is 4.74 Å². The Labute approximate surface area is 138 Å². The van der Waals surface area contributed by atoms with Crippen LogP contribution in [0, 0.1) is 0 Å². The molecule has 23 heavy (non-hydrogen) atoms. The van der Waals surface area contributed by atoms with Crippen molar-refractivity contribution in [3.05, 3.63) is 89.5 Å². The Morgan fingerprint density at radius 3 is 2.39 bits per heavy atom. The highest BCUT2D eigenvalue weighted by Gasteiger charge is 2.25. The Hall–Kier alpha value is -2.72. The van der Waals surface area contributed by atoms with Crippen molar-refractivity contribution < 1.29 is 9.53 Å². The van der Waals surface area contributed by atoms with Crippen LogP contribution >= 0.6 is 11.6 Å². The first-order valence-corrected chi connectivity index (χ1v) is 7.39. The van der Waals surface area contributed by atoms with Crippen LogP contribution in [0.4, 0.5) is 0 Å². The van der Waals surface area contributed by atoms with E-state index in [1.807, 2.05) is 30.3 Å². The Morgan fingerprint density at radius 2 is 1.74 bits per heavy atom. The molecule has 0 bridgehead atoms. The molecule has 1 unspecified atom stereocenters. The van der Waals surface area contributed by atoms with E-state index in [1.54, 1.807) is 24.3 Å². The van der Waals surface area contributed by atoms with Gasteiger partial charge in [0.25, 0.3) is 0 Å². The lowest BCUT2D eigenvalue weighted by molar-refractivity contribution is 0.0786. The Morgan fingerprint density at radius 1 is 1.00 bits per heavy atom. The number of hydrogen-bond donors (Lipinski definition) is 0. The van der Waals surface area contributed by atoms with Gasteiger partial charge in [0.15, 0.2) is 6.10 Å². The molecule has 0 saturated carbocycles. The van der Waals surface area contributed by atoms with Gasteiger partial charge in [-0.2, -0.15) is 0 Å². The molecule has 0 spiro atoms. The van der Waals surface area contributed by atoms with Gasteiger partial charge in [-0.05, 0) is 24.3 Å². The number of rotatable bonds is 5. The fourth-order valence-corrected chi connectivity index (χ4v) is 2.24. The summed E-state index contributed by atoms with van der Waals surface area (Å²) >= 11 is 5.88. The van der Waals surface area contributed by atoms with E-state index < -0.39 is 6.10 Å². The number of ketones is 1. The van der Waals surface area contributed by atoms with Crippen LogP contribution in [0.15, 0.2) is 73.2 Å². The third-order valence-corrected chi connectivity index (χ3v) is 3.48. The summed E-state index contributed by atoms with van der Waals surface area (Å²) in [6.45, 7) is 0. The van der Waals surface area contributed by atoms with Crippen molar-refractivity contribution in [2.45, 2.75) is 6.10 Å². The molecule has 3 aromatic rings. The number of nitrogens with zero attached hydrogens (tertiary/aromatic N) is 2. The van der Waals surface area contributed by atoms with E-state index in [-0.39, 0.29) is 11.5 Å². The molecule has 0 aliphatic heterocycles. The maximum absolute atomic E-state index is 12.8. The van der Waals surface area contributed by atoms with Crippen molar-refractivity contribution >= 4 is 17.4 Å². The van der Waals surface area contributed by atoms with E-state index in [4.69, 9.17) is 16.3 Å². The monoisotopic (exact) mass is 324 g/mol. The number of Topliss-reactive ketones (excluding diaryl/α,β-unsaturated/α-hetero) is 1. The molecule has 2 aromatic carbocycles. The van der Waals surface area contributed by atoms with Gasteiger partial charge in [0, 0.05) is 23.0 Å². The van der Waals surface area contributed by atoms with E-state index in [0.717, 1.165) is 5.56 Å². The molecule has 0 aliphatic rings. The fraction of sp³-hybridized carbons (Fsp3) is 0.0556. The third kappa shape index (κ3) is 3.73. The number of halogens is 1. The quantitative estimate of drug-likeness (QED) is 0.662. The second kappa shape index (κ2) is 7.03. The lowest BCUT2D eigenvalue weighted by Gasteiger charge is -2.18. The summed E-state index contributed by atoms with van der Waals surface area (Å²) in [4.78, 5) is 20.8. The maximum atomic E-state index is 12.8. The zero-order valence-corrected chi connectivity index (χ0v) is 12.9. The van der Waals surface area contributed by atoms with Crippen LogP contribution in [-0.2, 0) is 0 Å². The van der Waals surface area contributed by atoms with Crippen molar-refractivity contribution in [2.75, 3.05) is 0 Å². The number of ether oxygens (including phenoxy) is 1. The molecule has 114 valence electrons. The fourth-order valence-electron chi connectivity index (χ4n) is 2.11. The number of carbonyl (C=O) groups excluding carboxylic acids is 1. The molecule has 0 saturated heterocycles. The highest BCUT2D eigenvalue weighted by atomic mass is 35.5. The molecule has 3 rings (SSSR count). The van der Waals surface area contributed by atoms with Crippen LogP contribution in [0.25, 0.3) is 0 Å². The van der Waals surface area contributed by atoms with Gasteiger partial charge in [0.1, 0.15) is 11.4 Å². The van der Waals surface area contributed by atoms with Crippen LogP contribution in [0.1, 0.15) is 22.2 Å². The molecular formula is C18H13ClN2O2. The second-order valence-corrected chi connectivity index (χ2v) is 5.25. The molecule has 1 heterocycles.